The zero-order chi connectivity index (χ0) is 14.9. The molecule has 0 unspecified atom stereocenters. The number of hydrogen-bond donors (Lipinski definition) is 1. The molecule has 1 amide bonds. The quantitative estimate of drug-likeness (QED) is 0.842. The van der Waals surface area contributed by atoms with Crippen LogP contribution < -0.4 is 5.32 Å². The number of carbonyl (C=O) groups is 1. The maximum Gasteiger partial charge on any atom is 0.277 e. The van der Waals surface area contributed by atoms with Gasteiger partial charge >= 0.3 is 0 Å². The van der Waals surface area contributed by atoms with Gasteiger partial charge in [-0.25, -0.2) is 18.4 Å². The molecule has 0 aliphatic heterocycles. The van der Waals surface area contributed by atoms with E-state index in [0.717, 1.165) is 12.5 Å². The Bertz CT molecular complexity index is 771. The van der Waals surface area contributed by atoms with Crippen molar-refractivity contribution in [2.75, 3.05) is 11.6 Å². The largest absolute Gasteiger partial charge is 0.360 e. The highest BCUT2D eigenvalue weighted by molar-refractivity contribution is 7.90. The summed E-state index contributed by atoms with van der Waals surface area (Å²) in [5, 5.41) is 5.40. The summed E-state index contributed by atoms with van der Waals surface area (Å²) in [4.78, 5) is 19.2. The van der Waals surface area contributed by atoms with Gasteiger partial charge in [-0.2, -0.15) is 0 Å². The lowest BCUT2D eigenvalue weighted by atomic mass is 10.3. The van der Waals surface area contributed by atoms with E-state index in [9.17, 15) is 13.2 Å². The number of aryl methyl sites for hydroxylation is 1. The van der Waals surface area contributed by atoms with Crippen molar-refractivity contribution >= 4 is 33.2 Å². The van der Waals surface area contributed by atoms with Crippen LogP contribution in [-0.2, 0) is 9.84 Å². The number of nitrogens with one attached hydrogen (secondary N) is 1. The number of hydrogen-bond acceptors (Lipinski definition) is 7. The molecule has 2 rings (SSSR count). The first-order valence-corrected chi connectivity index (χ1v) is 7.51. The van der Waals surface area contributed by atoms with Crippen molar-refractivity contribution in [3.63, 3.8) is 0 Å². The van der Waals surface area contributed by atoms with Gasteiger partial charge in [0.2, 0.25) is 15.0 Å². The molecule has 0 radical (unpaired) electrons. The van der Waals surface area contributed by atoms with Crippen LogP contribution in [0.1, 0.15) is 16.2 Å². The number of nitrogens with zero attached hydrogens (tertiary/aromatic N) is 3. The van der Waals surface area contributed by atoms with Gasteiger partial charge in [-0.05, 0) is 6.92 Å². The van der Waals surface area contributed by atoms with Crippen molar-refractivity contribution in [1.29, 1.82) is 0 Å². The molecule has 106 valence electrons. The Morgan fingerprint density at radius 2 is 2.15 bits per heavy atom. The molecule has 20 heavy (non-hydrogen) atoms. The summed E-state index contributed by atoms with van der Waals surface area (Å²) in [6, 6.07) is 1.49. The van der Waals surface area contributed by atoms with Gasteiger partial charge in [0, 0.05) is 12.3 Å². The molecule has 0 atom stereocenters. The lowest BCUT2D eigenvalue weighted by Gasteiger charge is -2.04. The summed E-state index contributed by atoms with van der Waals surface area (Å²) in [6.45, 7) is 1.65. The highest BCUT2D eigenvalue weighted by Gasteiger charge is 2.19. The molecule has 0 bridgehead atoms. The minimum absolute atomic E-state index is 0.0740. The number of halogens is 1. The SMILES string of the molecule is Cc1cc(NC(=O)c2nc(S(C)(=O)=O)ncc2Cl)no1. The van der Waals surface area contributed by atoms with Gasteiger partial charge in [-0.15, -0.1) is 0 Å². The summed E-state index contributed by atoms with van der Waals surface area (Å²) >= 11 is 5.79. The van der Waals surface area contributed by atoms with Crippen LogP contribution in [0, 0.1) is 6.92 Å². The predicted molar refractivity (Wildman–Crippen MR) is 69.3 cm³/mol. The minimum Gasteiger partial charge on any atom is -0.360 e. The molecule has 8 nitrogen and oxygen atoms in total. The van der Waals surface area contributed by atoms with E-state index in [4.69, 9.17) is 16.1 Å². The number of amides is 1. The number of carbonyl (C=O) groups excluding carboxylic acids is 1. The maximum atomic E-state index is 12.0. The predicted octanol–water partition coefficient (Wildman–Crippen LogP) is 1.08. The fourth-order valence-electron chi connectivity index (χ4n) is 1.29. The second kappa shape index (κ2) is 5.17. The fraction of sp³-hybridized carbons (Fsp3) is 0.200. The van der Waals surface area contributed by atoms with Crippen LogP contribution in [0.15, 0.2) is 21.9 Å². The van der Waals surface area contributed by atoms with Crippen LogP contribution in [-0.4, -0.2) is 35.7 Å². The van der Waals surface area contributed by atoms with E-state index in [-0.39, 0.29) is 16.5 Å². The summed E-state index contributed by atoms with van der Waals surface area (Å²) in [7, 11) is -3.64. The van der Waals surface area contributed by atoms with Gasteiger partial charge < -0.3 is 9.84 Å². The molecule has 2 aromatic heterocycles. The number of anilines is 1. The Labute approximate surface area is 119 Å². The van der Waals surface area contributed by atoms with Crippen LogP contribution in [0.5, 0.6) is 0 Å². The molecule has 0 saturated heterocycles. The van der Waals surface area contributed by atoms with Crippen molar-refractivity contribution in [1.82, 2.24) is 15.1 Å². The van der Waals surface area contributed by atoms with E-state index in [0.29, 0.717) is 5.76 Å². The Morgan fingerprint density at radius 3 is 2.70 bits per heavy atom. The molecule has 2 aromatic rings. The van der Waals surface area contributed by atoms with Crippen LogP contribution in [0.3, 0.4) is 0 Å². The summed E-state index contributed by atoms with van der Waals surface area (Å²) < 4.78 is 27.5. The average molecular weight is 317 g/mol. The number of rotatable bonds is 3. The van der Waals surface area contributed by atoms with Crippen LogP contribution in [0.4, 0.5) is 5.82 Å². The van der Waals surface area contributed by atoms with Crippen molar-refractivity contribution in [2.24, 2.45) is 0 Å². The van der Waals surface area contributed by atoms with Gasteiger partial charge in [0.25, 0.3) is 5.91 Å². The summed E-state index contributed by atoms with van der Waals surface area (Å²) in [5.41, 5.74) is -0.261. The molecule has 0 saturated carbocycles. The van der Waals surface area contributed by atoms with Gasteiger partial charge in [-0.3, -0.25) is 4.79 Å². The molecule has 0 aliphatic rings. The second-order valence-electron chi connectivity index (χ2n) is 3.90. The van der Waals surface area contributed by atoms with Crippen molar-refractivity contribution < 1.29 is 17.7 Å². The third-order valence-electron chi connectivity index (χ3n) is 2.14. The molecule has 0 aromatic carbocycles. The number of aromatic nitrogens is 3. The average Bonchev–Trinajstić information content (AvgIpc) is 2.73. The molecule has 0 aliphatic carbocycles. The Balaban J connectivity index is 2.34. The first kappa shape index (κ1) is 14.4. The molecule has 2 heterocycles. The molecule has 0 fully saturated rings. The normalized spacial score (nSPS) is 11.3. The highest BCUT2D eigenvalue weighted by Crippen LogP contribution is 2.16. The molecule has 0 spiro atoms. The van der Waals surface area contributed by atoms with E-state index in [1.807, 2.05) is 0 Å². The zero-order valence-electron chi connectivity index (χ0n) is 10.4. The molecule has 1 N–H and O–H groups in total. The first-order chi connectivity index (χ1) is 9.27. The Morgan fingerprint density at radius 1 is 1.45 bits per heavy atom. The highest BCUT2D eigenvalue weighted by atomic mass is 35.5. The van der Waals surface area contributed by atoms with Crippen molar-refractivity contribution in [3.8, 4) is 0 Å². The van der Waals surface area contributed by atoms with Crippen LogP contribution >= 0.6 is 11.6 Å². The number of sulfone groups is 1. The van der Waals surface area contributed by atoms with Gasteiger partial charge in [0.1, 0.15) is 5.76 Å². The van der Waals surface area contributed by atoms with E-state index in [1.54, 1.807) is 6.92 Å². The van der Waals surface area contributed by atoms with E-state index >= 15 is 0 Å². The first-order valence-electron chi connectivity index (χ1n) is 5.24. The molecular formula is C10H9ClN4O4S. The minimum atomic E-state index is -3.64. The Kier molecular flexibility index (Phi) is 3.73. The van der Waals surface area contributed by atoms with Gasteiger partial charge in [-0.1, -0.05) is 16.8 Å². The van der Waals surface area contributed by atoms with E-state index in [2.05, 4.69) is 20.4 Å². The monoisotopic (exact) mass is 316 g/mol. The van der Waals surface area contributed by atoms with E-state index < -0.39 is 20.9 Å². The van der Waals surface area contributed by atoms with E-state index in [1.165, 1.54) is 6.07 Å². The topological polar surface area (TPSA) is 115 Å². The smallest absolute Gasteiger partial charge is 0.277 e. The summed E-state index contributed by atoms with van der Waals surface area (Å²) in [6.07, 6.45) is 1.98. The maximum absolute atomic E-state index is 12.0. The zero-order valence-corrected chi connectivity index (χ0v) is 12.0. The van der Waals surface area contributed by atoms with Gasteiger partial charge in [0.05, 0.1) is 11.2 Å². The fourth-order valence-corrected chi connectivity index (χ4v) is 1.97. The third kappa shape index (κ3) is 3.11. The lowest BCUT2D eigenvalue weighted by molar-refractivity contribution is 0.102. The standard InChI is InChI=1S/C10H9ClN4O4S/c1-5-3-7(15-19-5)13-9(16)8-6(11)4-12-10(14-8)20(2,17)18/h3-4H,1-2H3,(H,13,15,16). The molecular weight excluding hydrogens is 308 g/mol. The van der Waals surface area contributed by atoms with Crippen molar-refractivity contribution in [2.45, 2.75) is 12.1 Å². The van der Waals surface area contributed by atoms with Gasteiger partial charge in [0.15, 0.2) is 11.5 Å². The van der Waals surface area contributed by atoms with Crippen molar-refractivity contribution in [3.05, 3.63) is 28.7 Å². The van der Waals surface area contributed by atoms with Crippen LogP contribution in [0.2, 0.25) is 5.02 Å². The molecule has 10 heteroatoms. The summed E-state index contributed by atoms with van der Waals surface area (Å²) in [5.74, 6) is -0.0374. The lowest BCUT2D eigenvalue weighted by Crippen LogP contribution is -2.17. The second-order valence-corrected chi connectivity index (χ2v) is 6.21. The van der Waals surface area contributed by atoms with Crippen LogP contribution in [0.25, 0.3) is 0 Å². The Hall–Kier alpha value is -2.00. The third-order valence-corrected chi connectivity index (χ3v) is 3.27.